The van der Waals surface area contributed by atoms with Gasteiger partial charge in [-0.25, -0.2) is 8.78 Å². The Morgan fingerprint density at radius 2 is 2.33 bits per heavy atom. The Bertz CT molecular complexity index is 448. The zero-order chi connectivity index (χ0) is 13.7. The van der Waals surface area contributed by atoms with Gasteiger partial charge in [0.2, 0.25) is 0 Å². The van der Waals surface area contributed by atoms with E-state index in [0.717, 1.165) is 10.9 Å². The molecule has 0 saturated carbocycles. The van der Waals surface area contributed by atoms with Crippen LogP contribution in [-0.2, 0) is 11.3 Å². The molecule has 0 fully saturated rings. The number of alkyl halides is 2. The number of aryl methyl sites for hydroxylation is 1. The number of nitro groups is 1. The minimum Gasteiger partial charge on any atom is -0.481 e. The standard InChI is InChI=1S/C8H9F2N3O5/c9-6(10)4-18-8-5(13(16)17)3-12(11-8)2-1-7(14)15/h3,6H,1-2,4H2,(H,14,15). The average Bonchev–Trinajstić information content (AvgIpc) is 2.67. The summed E-state index contributed by atoms with van der Waals surface area (Å²) in [6.45, 7) is -1.13. The van der Waals surface area contributed by atoms with Crippen molar-refractivity contribution in [1.82, 2.24) is 9.78 Å². The third-order valence-electron chi connectivity index (χ3n) is 1.81. The van der Waals surface area contributed by atoms with Crippen LogP contribution < -0.4 is 4.74 Å². The molecule has 1 N–H and O–H groups in total. The zero-order valence-corrected chi connectivity index (χ0v) is 8.95. The molecule has 0 radical (unpaired) electrons. The quantitative estimate of drug-likeness (QED) is 0.580. The molecule has 1 heterocycles. The Kier molecular flexibility index (Phi) is 4.52. The van der Waals surface area contributed by atoms with E-state index in [4.69, 9.17) is 5.11 Å². The minimum atomic E-state index is -2.78. The van der Waals surface area contributed by atoms with E-state index in [1.807, 2.05) is 0 Å². The first-order chi connectivity index (χ1) is 8.40. The summed E-state index contributed by atoms with van der Waals surface area (Å²) in [5.74, 6) is -1.66. The average molecular weight is 265 g/mol. The maximum Gasteiger partial charge on any atom is 0.350 e. The highest BCUT2D eigenvalue weighted by molar-refractivity contribution is 5.66. The monoisotopic (exact) mass is 265 g/mol. The molecule has 100 valence electrons. The van der Waals surface area contributed by atoms with Gasteiger partial charge < -0.3 is 9.84 Å². The molecule has 0 aromatic carbocycles. The van der Waals surface area contributed by atoms with Gasteiger partial charge in [0, 0.05) is 0 Å². The predicted octanol–water partition coefficient (Wildman–Crippen LogP) is 0.910. The number of aliphatic carboxylic acids is 1. The van der Waals surface area contributed by atoms with Crippen molar-refractivity contribution < 1.29 is 28.3 Å². The summed E-state index contributed by atoms with van der Waals surface area (Å²) >= 11 is 0. The van der Waals surface area contributed by atoms with E-state index in [1.165, 1.54) is 0 Å². The summed E-state index contributed by atoms with van der Waals surface area (Å²) in [7, 11) is 0. The Balaban J connectivity index is 2.80. The second-order valence-corrected chi connectivity index (χ2v) is 3.19. The van der Waals surface area contributed by atoms with Crippen LogP contribution in [0, 0.1) is 10.1 Å². The molecule has 0 spiro atoms. The SMILES string of the molecule is O=C(O)CCn1cc([N+](=O)[O-])c(OCC(F)F)n1. The van der Waals surface area contributed by atoms with Gasteiger partial charge in [0.25, 0.3) is 6.43 Å². The number of hydrogen-bond donors (Lipinski definition) is 1. The molecule has 0 amide bonds. The lowest BCUT2D eigenvalue weighted by molar-refractivity contribution is -0.386. The summed E-state index contributed by atoms with van der Waals surface area (Å²) in [4.78, 5) is 20.1. The van der Waals surface area contributed by atoms with Gasteiger partial charge in [0.05, 0.1) is 17.9 Å². The van der Waals surface area contributed by atoms with Crippen molar-refractivity contribution in [3.63, 3.8) is 0 Å². The molecular weight excluding hydrogens is 256 g/mol. The van der Waals surface area contributed by atoms with Crippen LogP contribution in [0.3, 0.4) is 0 Å². The summed E-state index contributed by atoms with van der Waals surface area (Å²) in [5.41, 5.74) is -0.582. The fourth-order valence-corrected chi connectivity index (χ4v) is 1.09. The normalized spacial score (nSPS) is 10.6. The largest absolute Gasteiger partial charge is 0.481 e. The van der Waals surface area contributed by atoms with Gasteiger partial charge in [-0.1, -0.05) is 0 Å². The van der Waals surface area contributed by atoms with E-state index in [0.29, 0.717) is 0 Å². The highest BCUT2D eigenvalue weighted by Crippen LogP contribution is 2.25. The maximum atomic E-state index is 11.9. The molecule has 18 heavy (non-hydrogen) atoms. The number of rotatable bonds is 7. The molecule has 0 unspecified atom stereocenters. The second-order valence-electron chi connectivity index (χ2n) is 3.19. The van der Waals surface area contributed by atoms with Crippen LogP contribution >= 0.6 is 0 Å². The maximum absolute atomic E-state index is 11.9. The molecule has 0 aliphatic rings. The number of carboxylic acid groups (broad SMARTS) is 1. The summed E-state index contributed by atoms with van der Waals surface area (Å²) in [5, 5.41) is 22.5. The zero-order valence-electron chi connectivity index (χ0n) is 8.95. The van der Waals surface area contributed by atoms with Crippen LogP contribution in [0.1, 0.15) is 6.42 Å². The topological polar surface area (TPSA) is 107 Å². The van der Waals surface area contributed by atoms with Crippen molar-refractivity contribution in [2.75, 3.05) is 6.61 Å². The van der Waals surface area contributed by atoms with Crippen LogP contribution in [0.2, 0.25) is 0 Å². The lowest BCUT2D eigenvalue weighted by Gasteiger charge is -2.00. The molecule has 1 aromatic rings. The van der Waals surface area contributed by atoms with E-state index < -0.39 is 35.5 Å². The molecule has 0 atom stereocenters. The van der Waals surface area contributed by atoms with Crippen LogP contribution in [0.4, 0.5) is 14.5 Å². The molecule has 1 aromatic heterocycles. The van der Waals surface area contributed by atoms with E-state index in [-0.39, 0.29) is 13.0 Å². The molecule has 0 bridgehead atoms. The van der Waals surface area contributed by atoms with Crippen LogP contribution in [-0.4, -0.2) is 38.8 Å². The Labute approximate surface area is 98.9 Å². The lowest BCUT2D eigenvalue weighted by atomic mass is 10.4. The molecule has 0 saturated heterocycles. The first-order valence-electron chi connectivity index (χ1n) is 4.74. The number of hydrogen-bond acceptors (Lipinski definition) is 5. The van der Waals surface area contributed by atoms with Gasteiger partial charge >= 0.3 is 17.5 Å². The number of halogens is 2. The van der Waals surface area contributed by atoms with Crippen molar-refractivity contribution in [1.29, 1.82) is 0 Å². The Hall–Kier alpha value is -2.26. The van der Waals surface area contributed by atoms with Crippen molar-refractivity contribution in [3.8, 4) is 5.88 Å². The number of nitrogens with zero attached hydrogens (tertiary/aromatic N) is 3. The first kappa shape index (κ1) is 13.8. The van der Waals surface area contributed by atoms with Crippen LogP contribution in [0.5, 0.6) is 5.88 Å². The molecule has 0 aliphatic heterocycles. The van der Waals surface area contributed by atoms with E-state index in [9.17, 15) is 23.7 Å². The van der Waals surface area contributed by atoms with Crippen molar-refractivity contribution in [2.45, 2.75) is 19.4 Å². The Morgan fingerprint density at radius 3 is 2.83 bits per heavy atom. The smallest absolute Gasteiger partial charge is 0.350 e. The highest BCUT2D eigenvalue weighted by atomic mass is 19.3. The summed E-state index contributed by atoms with van der Waals surface area (Å²) in [6, 6.07) is 0. The number of aromatic nitrogens is 2. The second kappa shape index (κ2) is 5.89. The van der Waals surface area contributed by atoms with Gasteiger partial charge in [-0.3, -0.25) is 19.6 Å². The van der Waals surface area contributed by atoms with E-state index in [2.05, 4.69) is 9.84 Å². The van der Waals surface area contributed by atoms with Crippen LogP contribution in [0.25, 0.3) is 0 Å². The first-order valence-corrected chi connectivity index (χ1v) is 4.74. The summed E-state index contributed by atoms with van der Waals surface area (Å²) in [6.07, 6.45) is -2.15. The summed E-state index contributed by atoms with van der Waals surface area (Å²) < 4.78 is 29.3. The highest BCUT2D eigenvalue weighted by Gasteiger charge is 2.22. The Morgan fingerprint density at radius 1 is 1.67 bits per heavy atom. The van der Waals surface area contributed by atoms with Crippen molar-refractivity contribution in [3.05, 3.63) is 16.3 Å². The van der Waals surface area contributed by atoms with Gasteiger partial charge in [-0.2, -0.15) is 0 Å². The van der Waals surface area contributed by atoms with Crippen LogP contribution in [0.15, 0.2) is 6.20 Å². The number of carbonyl (C=O) groups is 1. The predicted molar refractivity (Wildman–Crippen MR) is 52.6 cm³/mol. The lowest BCUT2D eigenvalue weighted by Crippen LogP contribution is -2.09. The van der Waals surface area contributed by atoms with E-state index in [1.54, 1.807) is 0 Å². The molecular formula is C8H9F2N3O5. The fraction of sp³-hybridized carbons (Fsp3) is 0.500. The third-order valence-corrected chi connectivity index (χ3v) is 1.81. The van der Waals surface area contributed by atoms with E-state index >= 15 is 0 Å². The third kappa shape index (κ3) is 3.96. The van der Waals surface area contributed by atoms with Gasteiger partial charge in [0.1, 0.15) is 6.20 Å². The molecule has 10 heteroatoms. The van der Waals surface area contributed by atoms with Gasteiger partial charge in [-0.05, 0) is 0 Å². The fourth-order valence-electron chi connectivity index (χ4n) is 1.09. The molecule has 1 rings (SSSR count). The van der Waals surface area contributed by atoms with Gasteiger partial charge in [-0.15, -0.1) is 5.10 Å². The number of ether oxygens (including phenoxy) is 1. The molecule has 8 nitrogen and oxygen atoms in total. The van der Waals surface area contributed by atoms with Crippen molar-refractivity contribution in [2.24, 2.45) is 0 Å². The number of carboxylic acids is 1. The van der Waals surface area contributed by atoms with Crippen molar-refractivity contribution >= 4 is 11.7 Å². The van der Waals surface area contributed by atoms with Gasteiger partial charge in [0.15, 0.2) is 6.61 Å². The minimum absolute atomic E-state index is 0.117. The molecule has 0 aliphatic carbocycles.